The van der Waals surface area contributed by atoms with Gasteiger partial charge in [-0.1, -0.05) is 37.2 Å². The minimum Gasteiger partial charge on any atom is -0.334 e. The summed E-state index contributed by atoms with van der Waals surface area (Å²) in [6.45, 7) is 4.33. The van der Waals surface area contributed by atoms with Gasteiger partial charge in [0.1, 0.15) is 0 Å². The summed E-state index contributed by atoms with van der Waals surface area (Å²) in [7, 11) is 0. The number of anilines is 1. The lowest BCUT2D eigenvalue weighted by atomic mass is 9.97. The molecule has 1 aromatic carbocycles. The van der Waals surface area contributed by atoms with Crippen LogP contribution in [0, 0.1) is 11.3 Å². The molecular weight excluding hydrogens is 278 g/mol. The highest BCUT2D eigenvalue weighted by molar-refractivity contribution is 8.14. The average molecular weight is 294 g/mol. The molecule has 0 aromatic heterocycles. The molecule has 1 heterocycles. The number of benzene rings is 1. The molecule has 0 amide bonds. The molecule has 1 N–H and O–H groups in total. The number of aliphatic imine (C=N–C) groups is 1. The molecule has 3 nitrogen and oxygen atoms in total. The lowest BCUT2D eigenvalue weighted by molar-refractivity contribution is 0.456. The molecule has 100 valence electrons. The van der Waals surface area contributed by atoms with Crippen molar-refractivity contribution in [3.8, 4) is 6.07 Å². The van der Waals surface area contributed by atoms with E-state index in [0.29, 0.717) is 10.6 Å². The number of hydrogen-bond donors (Lipinski definition) is 1. The zero-order valence-corrected chi connectivity index (χ0v) is 12.6. The van der Waals surface area contributed by atoms with Crippen LogP contribution in [0.1, 0.15) is 32.3 Å². The quantitative estimate of drug-likeness (QED) is 0.904. The second-order valence-corrected chi connectivity index (χ2v) is 5.94. The predicted molar refractivity (Wildman–Crippen MR) is 83.0 cm³/mol. The summed E-state index contributed by atoms with van der Waals surface area (Å²) in [5.74, 6) is 0.998. The summed E-state index contributed by atoms with van der Waals surface area (Å²) < 4.78 is 0. The van der Waals surface area contributed by atoms with Crippen LogP contribution in [0.5, 0.6) is 0 Å². The van der Waals surface area contributed by atoms with Gasteiger partial charge >= 0.3 is 0 Å². The molecule has 19 heavy (non-hydrogen) atoms. The van der Waals surface area contributed by atoms with E-state index >= 15 is 0 Å². The fourth-order valence-corrected chi connectivity index (χ4v) is 3.45. The van der Waals surface area contributed by atoms with E-state index in [-0.39, 0.29) is 5.54 Å². The number of amidine groups is 1. The van der Waals surface area contributed by atoms with Crippen LogP contribution in [-0.4, -0.2) is 16.5 Å². The Balaban J connectivity index is 2.21. The van der Waals surface area contributed by atoms with Crippen molar-refractivity contribution in [3.63, 3.8) is 0 Å². The Bertz CT molecular complexity index is 544. The molecule has 1 aliphatic heterocycles. The van der Waals surface area contributed by atoms with E-state index in [0.717, 1.165) is 29.4 Å². The topological polar surface area (TPSA) is 48.2 Å². The summed E-state index contributed by atoms with van der Waals surface area (Å²) in [5.41, 5.74) is 1.38. The first-order valence-corrected chi connectivity index (χ1v) is 7.68. The smallest absolute Gasteiger partial charge is 0.161 e. The molecule has 0 radical (unpaired) electrons. The summed E-state index contributed by atoms with van der Waals surface area (Å²) in [4.78, 5) is 4.78. The van der Waals surface area contributed by atoms with Crippen LogP contribution in [0.2, 0.25) is 5.02 Å². The van der Waals surface area contributed by atoms with Crippen LogP contribution >= 0.6 is 23.4 Å². The Labute approximate surface area is 123 Å². The van der Waals surface area contributed by atoms with Crippen molar-refractivity contribution in [2.24, 2.45) is 4.99 Å². The molecule has 2 rings (SSSR count). The maximum Gasteiger partial charge on any atom is 0.161 e. The maximum atomic E-state index is 8.92. The molecule has 5 heteroatoms. The van der Waals surface area contributed by atoms with Crippen LogP contribution in [0.4, 0.5) is 5.69 Å². The van der Waals surface area contributed by atoms with Gasteiger partial charge in [0.15, 0.2) is 5.17 Å². The Kier molecular flexibility index (Phi) is 4.38. The lowest BCUT2D eigenvalue weighted by Gasteiger charge is -2.20. The average Bonchev–Trinajstić information content (AvgIpc) is 2.85. The zero-order valence-electron chi connectivity index (χ0n) is 11.0. The van der Waals surface area contributed by atoms with Crippen molar-refractivity contribution < 1.29 is 0 Å². The van der Waals surface area contributed by atoms with Gasteiger partial charge in [-0.25, -0.2) is 0 Å². The van der Waals surface area contributed by atoms with Crippen LogP contribution < -0.4 is 5.32 Å². The fraction of sp³-hybridized carbons (Fsp3) is 0.429. The van der Waals surface area contributed by atoms with Gasteiger partial charge in [0.25, 0.3) is 0 Å². The highest BCUT2D eigenvalue weighted by Crippen LogP contribution is 2.34. The van der Waals surface area contributed by atoms with Gasteiger partial charge in [-0.15, -0.1) is 0 Å². The van der Waals surface area contributed by atoms with Gasteiger partial charge in [-0.3, -0.25) is 4.99 Å². The second kappa shape index (κ2) is 5.85. The third kappa shape index (κ3) is 3.05. The molecule has 0 fully saturated rings. The third-order valence-corrected chi connectivity index (χ3v) is 4.95. The van der Waals surface area contributed by atoms with Gasteiger partial charge in [-0.05, 0) is 31.0 Å². The van der Waals surface area contributed by atoms with Gasteiger partial charge in [0, 0.05) is 5.75 Å². The molecule has 1 aromatic rings. The first-order chi connectivity index (χ1) is 9.12. The van der Waals surface area contributed by atoms with Gasteiger partial charge in [0.05, 0.1) is 27.9 Å². The van der Waals surface area contributed by atoms with Gasteiger partial charge < -0.3 is 5.32 Å². The molecule has 0 atom stereocenters. The van der Waals surface area contributed by atoms with Crippen LogP contribution in [0.15, 0.2) is 23.2 Å². The first kappa shape index (κ1) is 14.2. The summed E-state index contributed by atoms with van der Waals surface area (Å²) >= 11 is 7.85. The highest BCUT2D eigenvalue weighted by atomic mass is 35.5. The Hall–Kier alpha value is -1.18. The third-order valence-electron chi connectivity index (χ3n) is 3.47. The van der Waals surface area contributed by atoms with Gasteiger partial charge in [-0.2, -0.15) is 5.26 Å². The molecular formula is C14H16ClN3S. The molecule has 0 aliphatic carbocycles. The van der Waals surface area contributed by atoms with Crippen molar-refractivity contribution in [2.45, 2.75) is 32.2 Å². The van der Waals surface area contributed by atoms with Crippen molar-refractivity contribution in [1.29, 1.82) is 5.26 Å². The molecule has 0 saturated heterocycles. The zero-order chi connectivity index (χ0) is 13.9. The molecule has 0 saturated carbocycles. The van der Waals surface area contributed by atoms with Crippen molar-refractivity contribution >= 4 is 34.2 Å². The number of nitriles is 1. The molecule has 0 spiro atoms. The SMILES string of the molecule is CCC1(CC)CSC(Nc2cc(C#N)ccc2Cl)=N1. The largest absolute Gasteiger partial charge is 0.334 e. The number of nitrogens with one attached hydrogen (secondary N) is 1. The van der Waals surface area contributed by atoms with E-state index in [1.54, 1.807) is 30.0 Å². The number of thioether (sulfide) groups is 1. The van der Waals surface area contributed by atoms with E-state index in [1.807, 2.05) is 0 Å². The molecule has 0 unspecified atom stereocenters. The van der Waals surface area contributed by atoms with Crippen LogP contribution in [0.25, 0.3) is 0 Å². The number of nitrogens with zero attached hydrogens (tertiary/aromatic N) is 2. The maximum absolute atomic E-state index is 8.92. The van der Waals surface area contributed by atoms with Crippen LogP contribution in [-0.2, 0) is 0 Å². The van der Waals surface area contributed by atoms with Gasteiger partial charge in [0.2, 0.25) is 0 Å². The Morgan fingerprint density at radius 2 is 2.21 bits per heavy atom. The standard InChI is InChI=1S/C14H16ClN3S/c1-3-14(4-2)9-19-13(18-14)17-12-7-10(8-16)5-6-11(12)15/h5-7H,3-4,9H2,1-2H3,(H,17,18). The normalized spacial score (nSPS) is 16.8. The lowest BCUT2D eigenvalue weighted by Crippen LogP contribution is -2.24. The van der Waals surface area contributed by atoms with E-state index in [1.165, 1.54) is 0 Å². The van der Waals surface area contributed by atoms with Crippen LogP contribution in [0.3, 0.4) is 0 Å². The fourth-order valence-electron chi connectivity index (χ4n) is 1.96. The van der Waals surface area contributed by atoms with Crippen molar-refractivity contribution in [2.75, 3.05) is 11.1 Å². The monoisotopic (exact) mass is 293 g/mol. The summed E-state index contributed by atoms with van der Waals surface area (Å²) in [6.07, 6.45) is 2.07. The molecule has 0 bridgehead atoms. The summed E-state index contributed by atoms with van der Waals surface area (Å²) in [6, 6.07) is 7.31. The summed E-state index contributed by atoms with van der Waals surface area (Å²) in [5, 5.41) is 13.6. The number of hydrogen-bond acceptors (Lipinski definition) is 4. The van der Waals surface area contributed by atoms with Crippen molar-refractivity contribution in [3.05, 3.63) is 28.8 Å². The minimum absolute atomic E-state index is 0.0479. The Morgan fingerprint density at radius 1 is 1.47 bits per heavy atom. The van der Waals surface area contributed by atoms with E-state index < -0.39 is 0 Å². The van der Waals surface area contributed by atoms with Crippen molar-refractivity contribution in [1.82, 2.24) is 0 Å². The second-order valence-electron chi connectivity index (χ2n) is 4.57. The van der Waals surface area contributed by atoms with E-state index in [4.69, 9.17) is 21.9 Å². The number of halogens is 1. The highest BCUT2D eigenvalue weighted by Gasteiger charge is 2.32. The minimum atomic E-state index is 0.0479. The number of rotatable bonds is 3. The van der Waals surface area contributed by atoms with E-state index in [2.05, 4.69) is 25.2 Å². The molecule has 1 aliphatic rings. The Morgan fingerprint density at radius 3 is 2.79 bits per heavy atom. The predicted octanol–water partition coefficient (Wildman–Crippen LogP) is 4.29. The first-order valence-electron chi connectivity index (χ1n) is 6.32. The van der Waals surface area contributed by atoms with E-state index in [9.17, 15) is 0 Å².